The monoisotopic (exact) mass is 328 g/mol. The molecule has 1 aliphatic carbocycles. The third kappa shape index (κ3) is 4.97. The van der Waals surface area contributed by atoms with Gasteiger partial charge in [-0.1, -0.05) is 12.8 Å². The number of hydrogen-bond donors (Lipinski definition) is 2. The van der Waals surface area contributed by atoms with Gasteiger partial charge in [-0.3, -0.25) is 9.59 Å². The summed E-state index contributed by atoms with van der Waals surface area (Å²) in [6.45, 7) is 0.542. The fourth-order valence-corrected chi connectivity index (χ4v) is 2.61. The van der Waals surface area contributed by atoms with Crippen LogP contribution < -0.4 is 10.6 Å². The van der Waals surface area contributed by atoms with E-state index in [0.717, 1.165) is 49.9 Å². The Morgan fingerprint density at radius 1 is 1.00 bits per heavy atom. The number of nitrogens with one attached hydrogen (secondary N) is 2. The van der Waals surface area contributed by atoms with Crippen molar-refractivity contribution < 1.29 is 22.8 Å². The van der Waals surface area contributed by atoms with Crippen molar-refractivity contribution in [3.05, 3.63) is 35.4 Å². The average molecular weight is 328 g/mol. The maximum absolute atomic E-state index is 12.4. The summed E-state index contributed by atoms with van der Waals surface area (Å²) in [5, 5.41) is 5.33. The summed E-state index contributed by atoms with van der Waals surface area (Å²) in [4.78, 5) is 23.6. The number of amides is 2. The van der Waals surface area contributed by atoms with Crippen molar-refractivity contribution >= 4 is 11.8 Å². The van der Waals surface area contributed by atoms with E-state index in [0.29, 0.717) is 6.54 Å². The summed E-state index contributed by atoms with van der Waals surface area (Å²) < 4.78 is 37.3. The predicted octanol–water partition coefficient (Wildman–Crippen LogP) is 2.74. The number of rotatable bonds is 5. The zero-order chi connectivity index (χ0) is 16.9. The Morgan fingerprint density at radius 3 is 2.13 bits per heavy atom. The molecule has 1 fully saturated rings. The first-order chi connectivity index (χ1) is 10.9. The van der Waals surface area contributed by atoms with E-state index in [1.807, 2.05) is 0 Å². The first kappa shape index (κ1) is 17.3. The molecule has 0 aromatic heterocycles. The molecule has 0 atom stereocenters. The van der Waals surface area contributed by atoms with Gasteiger partial charge in [0.1, 0.15) is 0 Å². The fourth-order valence-electron chi connectivity index (χ4n) is 2.61. The van der Waals surface area contributed by atoms with Crippen LogP contribution >= 0.6 is 0 Å². The lowest BCUT2D eigenvalue weighted by Crippen LogP contribution is -2.37. The molecule has 2 N–H and O–H groups in total. The van der Waals surface area contributed by atoms with Crippen LogP contribution in [-0.4, -0.2) is 24.9 Å². The molecule has 7 heteroatoms. The van der Waals surface area contributed by atoms with Crippen molar-refractivity contribution in [2.75, 3.05) is 13.1 Å². The molecule has 0 bridgehead atoms. The van der Waals surface area contributed by atoms with Crippen LogP contribution in [-0.2, 0) is 11.0 Å². The summed E-state index contributed by atoms with van der Waals surface area (Å²) >= 11 is 0. The molecule has 1 aromatic rings. The summed E-state index contributed by atoms with van der Waals surface area (Å²) in [5.41, 5.74) is -0.641. The second-order valence-corrected chi connectivity index (χ2v) is 5.60. The quantitative estimate of drug-likeness (QED) is 0.817. The lowest BCUT2D eigenvalue weighted by atomic mass is 10.1. The van der Waals surface area contributed by atoms with Gasteiger partial charge in [-0.15, -0.1) is 0 Å². The zero-order valence-electron chi connectivity index (χ0n) is 12.6. The number of carbonyl (C=O) groups excluding carboxylic acids is 2. The van der Waals surface area contributed by atoms with Crippen LogP contribution in [0.3, 0.4) is 0 Å². The third-order valence-corrected chi connectivity index (χ3v) is 3.91. The molecule has 0 radical (unpaired) electrons. The van der Waals surface area contributed by atoms with Crippen LogP contribution in [0.4, 0.5) is 13.2 Å². The minimum atomic E-state index is -4.42. The molecule has 2 rings (SSSR count). The molecular weight excluding hydrogens is 309 g/mol. The van der Waals surface area contributed by atoms with Gasteiger partial charge in [0.2, 0.25) is 5.91 Å². The van der Waals surface area contributed by atoms with Gasteiger partial charge >= 0.3 is 6.18 Å². The maximum atomic E-state index is 12.4. The molecule has 23 heavy (non-hydrogen) atoms. The van der Waals surface area contributed by atoms with Gasteiger partial charge in [-0.2, -0.15) is 13.2 Å². The second-order valence-electron chi connectivity index (χ2n) is 5.60. The van der Waals surface area contributed by atoms with Crippen LogP contribution in [0.15, 0.2) is 24.3 Å². The van der Waals surface area contributed by atoms with Crippen molar-refractivity contribution in [2.24, 2.45) is 5.92 Å². The summed E-state index contributed by atoms with van der Waals surface area (Å²) in [6.07, 6.45) is -0.460. The Kier molecular flexibility index (Phi) is 5.63. The average Bonchev–Trinajstić information content (AvgIpc) is 3.05. The standard InChI is InChI=1S/C16H19F3N2O2/c17-16(18,19)13-7-5-12(6-8-13)15(23)21-10-9-20-14(22)11-3-1-2-4-11/h5-8,11H,1-4,9-10H2,(H,20,22)(H,21,23). The molecule has 0 spiro atoms. The van der Waals surface area contributed by atoms with Gasteiger partial charge in [0.25, 0.3) is 5.91 Å². The molecule has 2 amide bonds. The summed E-state index contributed by atoms with van der Waals surface area (Å²) in [7, 11) is 0. The van der Waals surface area contributed by atoms with E-state index in [9.17, 15) is 22.8 Å². The molecule has 1 aromatic carbocycles. The number of hydrogen-bond acceptors (Lipinski definition) is 2. The van der Waals surface area contributed by atoms with Crippen molar-refractivity contribution in [3.63, 3.8) is 0 Å². The van der Waals surface area contributed by atoms with Gasteiger partial charge < -0.3 is 10.6 Å². The molecular formula is C16H19F3N2O2. The number of carbonyl (C=O) groups is 2. The first-order valence-corrected chi connectivity index (χ1v) is 7.61. The largest absolute Gasteiger partial charge is 0.416 e. The predicted molar refractivity (Wildman–Crippen MR) is 78.7 cm³/mol. The van der Waals surface area contributed by atoms with Gasteiger partial charge in [0.05, 0.1) is 5.56 Å². The third-order valence-electron chi connectivity index (χ3n) is 3.91. The maximum Gasteiger partial charge on any atom is 0.416 e. The van der Waals surface area contributed by atoms with E-state index >= 15 is 0 Å². The number of benzene rings is 1. The van der Waals surface area contributed by atoms with Crippen LogP contribution in [0.2, 0.25) is 0 Å². The Morgan fingerprint density at radius 2 is 1.57 bits per heavy atom. The minimum Gasteiger partial charge on any atom is -0.354 e. The Balaban J connectivity index is 1.73. The van der Waals surface area contributed by atoms with E-state index in [1.54, 1.807) is 0 Å². The van der Waals surface area contributed by atoms with Crippen molar-refractivity contribution in [1.29, 1.82) is 0 Å². The summed E-state index contributed by atoms with van der Waals surface area (Å²) in [6, 6.07) is 4.01. The Bertz CT molecular complexity index is 549. The minimum absolute atomic E-state index is 0.00581. The van der Waals surface area contributed by atoms with E-state index in [-0.39, 0.29) is 23.9 Å². The van der Waals surface area contributed by atoms with Crippen LogP contribution in [0, 0.1) is 5.92 Å². The molecule has 0 unspecified atom stereocenters. The molecule has 126 valence electrons. The number of halogens is 3. The van der Waals surface area contributed by atoms with Gasteiger partial charge in [0.15, 0.2) is 0 Å². The lowest BCUT2D eigenvalue weighted by molar-refractivity contribution is -0.137. The zero-order valence-corrected chi connectivity index (χ0v) is 12.6. The highest BCUT2D eigenvalue weighted by Gasteiger charge is 2.30. The van der Waals surface area contributed by atoms with Gasteiger partial charge in [0, 0.05) is 24.6 Å². The highest BCUT2D eigenvalue weighted by atomic mass is 19.4. The molecule has 0 aliphatic heterocycles. The van der Waals surface area contributed by atoms with Crippen molar-refractivity contribution in [3.8, 4) is 0 Å². The van der Waals surface area contributed by atoms with E-state index in [1.165, 1.54) is 0 Å². The normalized spacial score (nSPS) is 15.4. The fraction of sp³-hybridized carbons (Fsp3) is 0.500. The SMILES string of the molecule is O=C(NCCNC(=O)C1CCCC1)c1ccc(C(F)(F)F)cc1. The van der Waals surface area contributed by atoms with Gasteiger partial charge in [-0.05, 0) is 37.1 Å². The van der Waals surface area contributed by atoms with Crippen LogP contribution in [0.5, 0.6) is 0 Å². The van der Waals surface area contributed by atoms with Crippen molar-refractivity contribution in [1.82, 2.24) is 10.6 Å². The van der Waals surface area contributed by atoms with E-state index in [2.05, 4.69) is 10.6 Å². The number of alkyl halides is 3. The second kappa shape index (κ2) is 7.48. The van der Waals surface area contributed by atoms with Gasteiger partial charge in [-0.25, -0.2) is 0 Å². The Hall–Kier alpha value is -2.05. The van der Waals surface area contributed by atoms with Crippen LogP contribution in [0.25, 0.3) is 0 Å². The molecule has 4 nitrogen and oxygen atoms in total. The van der Waals surface area contributed by atoms with Crippen molar-refractivity contribution in [2.45, 2.75) is 31.9 Å². The first-order valence-electron chi connectivity index (χ1n) is 7.61. The highest BCUT2D eigenvalue weighted by Crippen LogP contribution is 2.29. The smallest absolute Gasteiger partial charge is 0.354 e. The Labute approximate surface area is 132 Å². The van der Waals surface area contributed by atoms with E-state index in [4.69, 9.17) is 0 Å². The van der Waals surface area contributed by atoms with E-state index < -0.39 is 17.6 Å². The summed E-state index contributed by atoms with van der Waals surface area (Å²) in [5.74, 6) is -0.388. The topological polar surface area (TPSA) is 58.2 Å². The lowest BCUT2D eigenvalue weighted by Gasteiger charge is -2.11. The molecule has 0 heterocycles. The molecule has 1 saturated carbocycles. The molecule has 0 saturated heterocycles. The molecule has 1 aliphatic rings. The van der Waals surface area contributed by atoms with Crippen LogP contribution in [0.1, 0.15) is 41.6 Å². The highest BCUT2D eigenvalue weighted by molar-refractivity contribution is 5.94.